The first-order chi connectivity index (χ1) is 9.65. The Bertz CT molecular complexity index is 646. The first-order valence-corrected chi connectivity index (χ1v) is 6.89. The zero-order chi connectivity index (χ0) is 14.5. The summed E-state index contributed by atoms with van der Waals surface area (Å²) in [6.07, 6.45) is 0. The molecule has 0 N–H and O–H groups in total. The lowest BCUT2D eigenvalue weighted by Crippen LogP contribution is -2.23. The molecule has 102 valence electrons. The van der Waals surface area contributed by atoms with Gasteiger partial charge in [0.1, 0.15) is 6.07 Å². The molecule has 0 fully saturated rings. The maximum absolute atomic E-state index is 9.28. The van der Waals surface area contributed by atoms with Gasteiger partial charge in [-0.25, -0.2) is 0 Å². The number of aromatic nitrogens is 1. The first kappa shape index (κ1) is 14.4. The number of hydrogen-bond acceptors (Lipinski definition) is 3. The van der Waals surface area contributed by atoms with E-state index in [2.05, 4.69) is 22.9 Å². The summed E-state index contributed by atoms with van der Waals surface area (Å²) >= 11 is 6.09. The number of aryl methyl sites for hydroxylation is 1. The molecule has 1 heterocycles. The monoisotopic (exact) mass is 285 g/mol. The van der Waals surface area contributed by atoms with Gasteiger partial charge in [0.15, 0.2) is 0 Å². The molecule has 0 unspecified atom stereocenters. The quantitative estimate of drug-likeness (QED) is 0.854. The molecule has 3 nitrogen and oxygen atoms in total. The number of hydrogen-bond donors (Lipinski definition) is 0. The van der Waals surface area contributed by atoms with Crippen molar-refractivity contribution in [3.63, 3.8) is 0 Å². The van der Waals surface area contributed by atoms with Crippen LogP contribution in [0.2, 0.25) is 5.02 Å². The molecule has 4 heteroatoms. The lowest BCUT2D eigenvalue weighted by Gasteiger charge is -2.24. The molecule has 0 bridgehead atoms. The van der Waals surface area contributed by atoms with Gasteiger partial charge in [-0.05, 0) is 38.1 Å². The second-order valence-electron chi connectivity index (χ2n) is 4.53. The van der Waals surface area contributed by atoms with Crippen molar-refractivity contribution in [1.82, 2.24) is 4.98 Å². The van der Waals surface area contributed by atoms with Crippen LogP contribution in [0.15, 0.2) is 36.4 Å². The third-order valence-electron chi connectivity index (χ3n) is 3.12. The molecule has 0 saturated heterocycles. The van der Waals surface area contributed by atoms with Crippen molar-refractivity contribution < 1.29 is 0 Å². The number of nitrogens with zero attached hydrogens (tertiary/aromatic N) is 3. The molecule has 20 heavy (non-hydrogen) atoms. The topological polar surface area (TPSA) is 39.9 Å². The Morgan fingerprint density at radius 3 is 2.65 bits per heavy atom. The molecule has 0 aliphatic carbocycles. The normalized spacial score (nSPS) is 10.1. The third-order valence-corrected chi connectivity index (χ3v) is 3.44. The van der Waals surface area contributed by atoms with Gasteiger partial charge in [-0.15, -0.1) is 0 Å². The van der Waals surface area contributed by atoms with Gasteiger partial charge in [-0.1, -0.05) is 23.7 Å². The van der Waals surface area contributed by atoms with Crippen LogP contribution in [0.1, 0.15) is 23.9 Å². The Labute approximate surface area is 124 Å². The molecule has 2 rings (SSSR count). The van der Waals surface area contributed by atoms with E-state index in [1.54, 1.807) is 6.07 Å². The van der Waals surface area contributed by atoms with Crippen LogP contribution in [0.4, 0.5) is 5.69 Å². The van der Waals surface area contributed by atoms with Crippen molar-refractivity contribution in [1.29, 1.82) is 5.26 Å². The fraction of sp³-hybridized carbons (Fsp3) is 0.250. The smallest absolute Gasteiger partial charge is 0.103 e. The van der Waals surface area contributed by atoms with Gasteiger partial charge in [-0.3, -0.25) is 4.98 Å². The van der Waals surface area contributed by atoms with Gasteiger partial charge in [0.25, 0.3) is 0 Å². The second kappa shape index (κ2) is 6.40. The van der Waals surface area contributed by atoms with E-state index in [0.29, 0.717) is 17.1 Å². The Morgan fingerprint density at radius 2 is 2.00 bits per heavy atom. The highest BCUT2D eigenvalue weighted by Gasteiger charge is 2.13. The van der Waals surface area contributed by atoms with Gasteiger partial charge in [0, 0.05) is 12.2 Å². The SMILES string of the molecule is CCN(Cc1cccc(C)n1)c1cccc(Cl)c1C#N. The van der Waals surface area contributed by atoms with Crippen molar-refractivity contribution in [3.8, 4) is 6.07 Å². The minimum absolute atomic E-state index is 0.487. The van der Waals surface area contributed by atoms with Crippen LogP contribution in [-0.2, 0) is 6.54 Å². The number of anilines is 1. The minimum atomic E-state index is 0.487. The highest BCUT2D eigenvalue weighted by atomic mass is 35.5. The second-order valence-corrected chi connectivity index (χ2v) is 4.94. The van der Waals surface area contributed by atoms with Crippen molar-refractivity contribution >= 4 is 17.3 Å². The predicted octanol–water partition coefficient (Wildman–Crippen LogP) is 3.94. The average Bonchev–Trinajstić information content (AvgIpc) is 2.44. The van der Waals surface area contributed by atoms with Gasteiger partial charge in [0.2, 0.25) is 0 Å². The number of pyridine rings is 1. The first-order valence-electron chi connectivity index (χ1n) is 6.51. The molecule has 0 saturated carbocycles. The van der Waals surface area contributed by atoms with Crippen molar-refractivity contribution in [2.24, 2.45) is 0 Å². The molecule has 0 amide bonds. The largest absolute Gasteiger partial charge is 0.365 e. The Kier molecular flexibility index (Phi) is 4.60. The van der Waals surface area contributed by atoms with Crippen LogP contribution < -0.4 is 4.90 Å². The average molecular weight is 286 g/mol. The third kappa shape index (κ3) is 3.09. The number of rotatable bonds is 4. The summed E-state index contributed by atoms with van der Waals surface area (Å²) in [4.78, 5) is 6.61. The van der Waals surface area contributed by atoms with Crippen LogP contribution in [0, 0.1) is 18.3 Å². The molecular weight excluding hydrogens is 270 g/mol. The number of halogens is 1. The molecule has 0 radical (unpaired) electrons. The Balaban J connectivity index is 2.34. The Hall–Kier alpha value is -2.05. The molecule has 2 aromatic rings. The van der Waals surface area contributed by atoms with Crippen LogP contribution in [0.5, 0.6) is 0 Å². The minimum Gasteiger partial charge on any atom is -0.365 e. The van der Waals surface area contributed by atoms with Crippen LogP contribution in [0.3, 0.4) is 0 Å². The highest BCUT2D eigenvalue weighted by Crippen LogP contribution is 2.27. The standard InChI is InChI=1S/C16H16ClN3/c1-3-20(11-13-7-4-6-12(2)19-13)16-9-5-8-15(17)14(16)10-18/h4-9H,3,11H2,1-2H3. The van der Waals surface area contributed by atoms with E-state index >= 15 is 0 Å². The summed E-state index contributed by atoms with van der Waals surface area (Å²) in [5.41, 5.74) is 3.34. The van der Waals surface area contributed by atoms with E-state index in [1.807, 2.05) is 37.3 Å². The fourth-order valence-corrected chi connectivity index (χ4v) is 2.35. The van der Waals surface area contributed by atoms with Crippen molar-refractivity contribution in [3.05, 3.63) is 58.4 Å². The fourth-order valence-electron chi connectivity index (χ4n) is 2.14. The predicted molar refractivity (Wildman–Crippen MR) is 81.9 cm³/mol. The molecule has 0 atom stereocenters. The number of benzene rings is 1. The van der Waals surface area contributed by atoms with E-state index in [9.17, 15) is 5.26 Å². The van der Waals surface area contributed by atoms with Gasteiger partial charge >= 0.3 is 0 Å². The lowest BCUT2D eigenvalue weighted by atomic mass is 10.1. The zero-order valence-corrected chi connectivity index (χ0v) is 12.4. The molecule has 0 spiro atoms. The van der Waals surface area contributed by atoms with Crippen LogP contribution >= 0.6 is 11.6 Å². The molecule has 1 aromatic carbocycles. The van der Waals surface area contributed by atoms with Crippen molar-refractivity contribution in [2.75, 3.05) is 11.4 Å². The van der Waals surface area contributed by atoms with E-state index < -0.39 is 0 Å². The van der Waals surface area contributed by atoms with Gasteiger partial charge < -0.3 is 4.90 Å². The van der Waals surface area contributed by atoms with Crippen LogP contribution in [0.25, 0.3) is 0 Å². The highest BCUT2D eigenvalue weighted by molar-refractivity contribution is 6.32. The summed E-state index contributed by atoms with van der Waals surface area (Å²) < 4.78 is 0. The molecule has 0 aliphatic rings. The van der Waals surface area contributed by atoms with Crippen LogP contribution in [-0.4, -0.2) is 11.5 Å². The van der Waals surface area contributed by atoms with Gasteiger partial charge in [-0.2, -0.15) is 5.26 Å². The summed E-state index contributed by atoms with van der Waals surface area (Å²) in [7, 11) is 0. The maximum Gasteiger partial charge on any atom is 0.103 e. The van der Waals surface area contributed by atoms with Gasteiger partial charge in [0.05, 0.1) is 28.5 Å². The zero-order valence-electron chi connectivity index (χ0n) is 11.6. The summed E-state index contributed by atoms with van der Waals surface area (Å²) in [5.74, 6) is 0. The summed E-state index contributed by atoms with van der Waals surface area (Å²) in [5, 5.41) is 9.76. The van der Waals surface area contributed by atoms with Crippen molar-refractivity contribution in [2.45, 2.75) is 20.4 Å². The summed E-state index contributed by atoms with van der Waals surface area (Å²) in [6, 6.07) is 13.7. The molecule has 0 aliphatic heterocycles. The maximum atomic E-state index is 9.28. The van der Waals surface area contributed by atoms with E-state index in [-0.39, 0.29) is 0 Å². The Morgan fingerprint density at radius 1 is 1.25 bits per heavy atom. The van der Waals surface area contributed by atoms with E-state index in [1.165, 1.54) is 0 Å². The molecular formula is C16H16ClN3. The van der Waals surface area contributed by atoms with E-state index in [0.717, 1.165) is 23.6 Å². The lowest BCUT2D eigenvalue weighted by molar-refractivity contribution is 0.804. The summed E-state index contributed by atoms with van der Waals surface area (Å²) in [6.45, 7) is 5.47. The van der Waals surface area contributed by atoms with E-state index in [4.69, 9.17) is 11.6 Å². The number of nitriles is 1. The molecule has 1 aromatic heterocycles.